The van der Waals surface area contributed by atoms with Gasteiger partial charge < -0.3 is 9.47 Å². The molecule has 0 radical (unpaired) electrons. The van der Waals surface area contributed by atoms with E-state index in [9.17, 15) is 0 Å². The second-order valence-corrected chi connectivity index (χ2v) is 4.85. The maximum atomic E-state index is 5.91. The molecule has 5 heteroatoms. The van der Waals surface area contributed by atoms with Crippen LogP contribution in [0.15, 0.2) is 18.5 Å². The molecule has 90 valence electrons. The van der Waals surface area contributed by atoms with E-state index in [1.54, 1.807) is 6.07 Å². The number of imidazole rings is 1. The molecule has 0 aliphatic carbocycles. The lowest BCUT2D eigenvalue weighted by Crippen LogP contribution is -2.23. The predicted octanol–water partition coefficient (Wildman–Crippen LogP) is 2.18. The van der Waals surface area contributed by atoms with Crippen LogP contribution in [0, 0.1) is 0 Å². The Balaban J connectivity index is 1.77. The summed E-state index contributed by atoms with van der Waals surface area (Å²) in [7, 11) is 0. The number of hydrogen-bond acceptors (Lipinski definition) is 3. The van der Waals surface area contributed by atoms with Crippen LogP contribution in [0.3, 0.4) is 0 Å². The third-order valence-corrected chi connectivity index (χ3v) is 3.50. The monoisotopic (exact) mass is 250 g/mol. The molecule has 1 aliphatic heterocycles. The average molecular weight is 251 g/mol. The predicted molar refractivity (Wildman–Crippen MR) is 68.2 cm³/mol. The molecular weight excluding hydrogens is 236 g/mol. The SMILES string of the molecule is Clc1ccc2ncn(CCN3CCCC3)c2n1. The molecule has 0 N–H and O–H groups in total. The van der Waals surface area contributed by atoms with Crippen LogP contribution >= 0.6 is 11.6 Å². The minimum absolute atomic E-state index is 0.528. The fraction of sp³-hybridized carbons (Fsp3) is 0.500. The van der Waals surface area contributed by atoms with E-state index in [-0.39, 0.29) is 0 Å². The Kier molecular flexibility index (Phi) is 2.99. The highest BCUT2D eigenvalue weighted by molar-refractivity contribution is 6.29. The summed E-state index contributed by atoms with van der Waals surface area (Å²) in [6.07, 6.45) is 4.51. The van der Waals surface area contributed by atoms with Gasteiger partial charge in [-0.25, -0.2) is 9.97 Å². The highest BCUT2D eigenvalue weighted by Gasteiger charge is 2.12. The molecule has 0 atom stereocenters. The van der Waals surface area contributed by atoms with Crippen molar-refractivity contribution in [3.8, 4) is 0 Å². The van der Waals surface area contributed by atoms with E-state index in [4.69, 9.17) is 11.6 Å². The summed E-state index contributed by atoms with van der Waals surface area (Å²) in [6, 6.07) is 3.69. The second kappa shape index (κ2) is 4.63. The first-order valence-corrected chi connectivity index (χ1v) is 6.40. The molecule has 17 heavy (non-hydrogen) atoms. The van der Waals surface area contributed by atoms with Crippen molar-refractivity contribution in [2.45, 2.75) is 19.4 Å². The lowest BCUT2D eigenvalue weighted by Gasteiger charge is -2.14. The van der Waals surface area contributed by atoms with Crippen molar-refractivity contribution in [1.29, 1.82) is 0 Å². The molecule has 0 bridgehead atoms. The van der Waals surface area contributed by atoms with Gasteiger partial charge in [0.25, 0.3) is 0 Å². The summed E-state index contributed by atoms with van der Waals surface area (Å²) in [6.45, 7) is 4.45. The van der Waals surface area contributed by atoms with E-state index in [1.807, 2.05) is 12.4 Å². The summed E-state index contributed by atoms with van der Waals surface area (Å²) in [5, 5.41) is 0.528. The first-order valence-electron chi connectivity index (χ1n) is 6.03. The number of rotatable bonds is 3. The van der Waals surface area contributed by atoms with Crippen LogP contribution < -0.4 is 0 Å². The van der Waals surface area contributed by atoms with E-state index in [1.165, 1.54) is 25.9 Å². The topological polar surface area (TPSA) is 34.0 Å². The number of likely N-dealkylation sites (tertiary alicyclic amines) is 1. The first kappa shape index (κ1) is 11.0. The van der Waals surface area contributed by atoms with Gasteiger partial charge in [0.1, 0.15) is 10.7 Å². The Hall–Kier alpha value is -1.13. The van der Waals surface area contributed by atoms with Crippen LogP contribution in [0.5, 0.6) is 0 Å². The first-order chi connectivity index (χ1) is 8.33. The van der Waals surface area contributed by atoms with Gasteiger partial charge in [0.2, 0.25) is 0 Å². The van der Waals surface area contributed by atoms with Crippen molar-refractivity contribution in [2.75, 3.05) is 19.6 Å². The molecule has 4 nitrogen and oxygen atoms in total. The minimum Gasteiger partial charge on any atom is -0.314 e. The van der Waals surface area contributed by atoms with Crippen LogP contribution in [0.4, 0.5) is 0 Å². The van der Waals surface area contributed by atoms with Gasteiger partial charge in [0, 0.05) is 13.1 Å². The molecule has 2 aromatic heterocycles. The third-order valence-electron chi connectivity index (χ3n) is 3.28. The zero-order valence-corrected chi connectivity index (χ0v) is 10.4. The van der Waals surface area contributed by atoms with Gasteiger partial charge >= 0.3 is 0 Å². The Bertz CT molecular complexity index is 516. The fourth-order valence-corrected chi connectivity index (χ4v) is 2.48. The van der Waals surface area contributed by atoms with Gasteiger partial charge in [0.05, 0.1) is 6.33 Å². The van der Waals surface area contributed by atoms with Crippen LogP contribution in [-0.2, 0) is 6.54 Å². The van der Waals surface area contributed by atoms with Crippen LogP contribution in [0.25, 0.3) is 11.2 Å². The zero-order valence-electron chi connectivity index (χ0n) is 9.64. The maximum Gasteiger partial charge on any atom is 0.161 e. The largest absolute Gasteiger partial charge is 0.314 e. The van der Waals surface area contributed by atoms with Crippen LogP contribution in [0.2, 0.25) is 5.15 Å². The van der Waals surface area contributed by atoms with E-state index < -0.39 is 0 Å². The molecule has 0 saturated carbocycles. The van der Waals surface area contributed by atoms with Gasteiger partial charge in [-0.2, -0.15) is 0 Å². The fourth-order valence-electron chi connectivity index (χ4n) is 2.34. The van der Waals surface area contributed by atoms with Gasteiger partial charge in [-0.3, -0.25) is 0 Å². The number of hydrogen-bond donors (Lipinski definition) is 0. The third kappa shape index (κ3) is 2.28. The van der Waals surface area contributed by atoms with Gasteiger partial charge in [-0.05, 0) is 38.1 Å². The lowest BCUT2D eigenvalue weighted by atomic mass is 10.4. The normalized spacial score (nSPS) is 17.0. The molecule has 1 fully saturated rings. The Morgan fingerprint density at radius 1 is 1.18 bits per heavy atom. The number of pyridine rings is 1. The number of fused-ring (bicyclic) bond motifs is 1. The molecule has 0 unspecified atom stereocenters. The molecule has 1 aliphatic rings. The van der Waals surface area contributed by atoms with Gasteiger partial charge in [-0.15, -0.1) is 0 Å². The molecule has 3 rings (SSSR count). The van der Waals surface area contributed by atoms with Gasteiger partial charge in [0.15, 0.2) is 5.65 Å². The van der Waals surface area contributed by atoms with E-state index in [0.29, 0.717) is 5.15 Å². The van der Waals surface area contributed by atoms with E-state index in [2.05, 4.69) is 19.4 Å². The molecule has 1 saturated heterocycles. The summed E-state index contributed by atoms with van der Waals surface area (Å²) in [5.74, 6) is 0. The summed E-state index contributed by atoms with van der Waals surface area (Å²) in [4.78, 5) is 11.1. The van der Waals surface area contributed by atoms with Crippen molar-refractivity contribution in [1.82, 2.24) is 19.4 Å². The Labute approximate surface area is 105 Å². The van der Waals surface area contributed by atoms with E-state index >= 15 is 0 Å². The van der Waals surface area contributed by atoms with Crippen molar-refractivity contribution >= 4 is 22.8 Å². The quantitative estimate of drug-likeness (QED) is 0.783. The second-order valence-electron chi connectivity index (χ2n) is 4.46. The maximum absolute atomic E-state index is 5.91. The standard InChI is InChI=1S/C12H15ClN4/c13-11-4-3-10-12(15-11)17(9-14-10)8-7-16-5-1-2-6-16/h3-4,9H,1-2,5-8H2. The van der Waals surface area contributed by atoms with Gasteiger partial charge in [-0.1, -0.05) is 11.6 Å². The van der Waals surface area contributed by atoms with Crippen molar-refractivity contribution in [2.24, 2.45) is 0 Å². The molecule has 0 amide bonds. The van der Waals surface area contributed by atoms with Crippen molar-refractivity contribution < 1.29 is 0 Å². The Morgan fingerprint density at radius 2 is 2.00 bits per heavy atom. The highest BCUT2D eigenvalue weighted by Crippen LogP contribution is 2.14. The molecule has 2 aromatic rings. The number of nitrogens with zero attached hydrogens (tertiary/aromatic N) is 4. The number of aromatic nitrogens is 3. The van der Waals surface area contributed by atoms with Crippen molar-refractivity contribution in [3.63, 3.8) is 0 Å². The summed E-state index contributed by atoms with van der Waals surface area (Å²) < 4.78 is 2.08. The molecular formula is C12H15ClN4. The molecule has 0 aromatic carbocycles. The van der Waals surface area contributed by atoms with Crippen molar-refractivity contribution in [3.05, 3.63) is 23.6 Å². The average Bonchev–Trinajstić information content (AvgIpc) is 2.94. The summed E-state index contributed by atoms with van der Waals surface area (Å²) >= 11 is 5.91. The minimum atomic E-state index is 0.528. The smallest absolute Gasteiger partial charge is 0.161 e. The highest BCUT2D eigenvalue weighted by atomic mass is 35.5. The molecule has 0 spiro atoms. The van der Waals surface area contributed by atoms with E-state index in [0.717, 1.165) is 24.3 Å². The summed E-state index contributed by atoms with van der Waals surface area (Å²) in [5.41, 5.74) is 1.80. The van der Waals surface area contributed by atoms with Crippen LogP contribution in [0.1, 0.15) is 12.8 Å². The Morgan fingerprint density at radius 3 is 2.82 bits per heavy atom. The van der Waals surface area contributed by atoms with Crippen LogP contribution in [-0.4, -0.2) is 39.1 Å². The molecule has 3 heterocycles. The zero-order chi connectivity index (χ0) is 11.7. The number of halogens is 1. The lowest BCUT2D eigenvalue weighted by molar-refractivity contribution is 0.324.